The zero-order valence-electron chi connectivity index (χ0n) is 31.1. The minimum atomic E-state index is -0.139. The summed E-state index contributed by atoms with van der Waals surface area (Å²) < 4.78 is 2.66. The van der Waals surface area contributed by atoms with Crippen LogP contribution < -0.4 is 0 Å². The van der Waals surface area contributed by atoms with Gasteiger partial charge in [0, 0.05) is 42.3 Å². The van der Waals surface area contributed by atoms with E-state index < -0.39 is 0 Å². The van der Waals surface area contributed by atoms with Crippen LogP contribution in [0.3, 0.4) is 0 Å². The molecule has 0 bridgehead atoms. The smallest absolute Gasteiger partial charge is 0.160 e. The van der Waals surface area contributed by atoms with E-state index in [0.29, 0.717) is 0 Å². The summed E-state index contributed by atoms with van der Waals surface area (Å²) >= 11 is 1.87. The molecule has 0 aliphatic heterocycles. The fraction of sp³-hybridized carbons (Fsp3) is 0.0566. The van der Waals surface area contributed by atoms with Crippen molar-refractivity contribution in [3.63, 3.8) is 0 Å². The molecule has 0 atom stereocenters. The third-order valence-corrected chi connectivity index (χ3v) is 12.9. The number of rotatable bonds is 5. The first-order valence-electron chi connectivity index (χ1n) is 19.2. The summed E-state index contributed by atoms with van der Waals surface area (Å²) in [5, 5.41) is 5.16. The van der Waals surface area contributed by atoms with Crippen LogP contribution in [-0.4, -0.2) is 9.97 Å². The maximum atomic E-state index is 5.29. The summed E-state index contributed by atoms with van der Waals surface area (Å²) in [4.78, 5) is 10.5. The largest absolute Gasteiger partial charge is 0.228 e. The lowest BCUT2D eigenvalue weighted by Gasteiger charge is -2.22. The van der Waals surface area contributed by atoms with Crippen LogP contribution in [0.2, 0.25) is 0 Å². The molecule has 0 saturated carbocycles. The van der Waals surface area contributed by atoms with Gasteiger partial charge in [0.15, 0.2) is 5.82 Å². The lowest BCUT2D eigenvalue weighted by Crippen LogP contribution is -2.14. The van der Waals surface area contributed by atoms with Gasteiger partial charge in [0.2, 0.25) is 0 Å². The summed E-state index contributed by atoms with van der Waals surface area (Å²) in [6.07, 6.45) is 0. The van der Waals surface area contributed by atoms with E-state index in [2.05, 4.69) is 190 Å². The molecule has 2 aromatic heterocycles. The first-order chi connectivity index (χ1) is 27.5. The third kappa shape index (κ3) is 5.23. The molecule has 0 fully saturated rings. The van der Waals surface area contributed by atoms with Crippen LogP contribution in [-0.2, 0) is 5.41 Å². The molecule has 2 nitrogen and oxygen atoms in total. The molecule has 1 aliphatic rings. The van der Waals surface area contributed by atoms with Gasteiger partial charge in [-0.3, -0.25) is 0 Å². The maximum absolute atomic E-state index is 5.29. The highest BCUT2D eigenvalue weighted by Crippen LogP contribution is 2.53. The Hall–Kier alpha value is -6.68. The van der Waals surface area contributed by atoms with Crippen molar-refractivity contribution in [3.05, 3.63) is 193 Å². The molecule has 8 aromatic carbocycles. The molecule has 0 amide bonds. The van der Waals surface area contributed by atoms with E-state index in [1.165, 1.54) is 75.5 Å². The highest BCUT2D eigenvalue weighted by atomic mass is 32.1. The first-order valence-corrected chi connectivity index (χ1v) is 20.0. The zero-order chi connectivity index (χ0) is 37.4. The summed E-state index contributed by atoms with van der Waals surface area (Å²) in [6.45, 7) is 4.69. The Labute approximate surface area is 330 Å². The second-order valence-corrected chi connectivity index (χ2v) is 16.4. The minimum absolute atomic E-state index is 0.139. The molecule has 264 valence electrons. The van der Waals surface area contributed by atoms with Crippen molar-refractivity contribution in [2.45, 2.75) is 19.3 Å². The lowest BCUT2D eigenvalue weighted by molar-refractivity contribution is 0.661. The molecule has 1 aliphatic carbocycles. The van der Waals surface area contributed by atoms with E-state index in [1.807, 2.05) is 17.4 Å². The fourth-order valence-electron chi connectivity index (χ4n) is 8.81. The van der Waals surface area contributed by atoms with Crippen molar-refractivity contribution < 1.29 is 0 Å². The summed E-state index contributed by atoms with van der Waals surface area (Å²) in [5.41, 5.74) is 15.0. The lowest BCUT2D eigenvalue weighted by atomic mass is 9.81. The van der Waals surface area contributed by atoms with Crippen LogP contribution in [0.4, 0.5) is 0 Å². The SMILES string of the molecule is CC1(C)c2cc3ccccc3cc2-c2c(-c3cc(-c4ccc(-c5cccc(-c6cccc7c6sc6ccccc67)c5)cc4)nc(-c4ccccc4)n3)cccc21. The van der Waals surface area contributed by atoms with Crippen molar-refractivity contribution in [1.29, 1.82) is 0 Å². The Morgan fingerprint density at radius 2 is 1.05 bits per heavy atom. The first kappa shape index (κ1) is 32.7. The van der Waals surface area contributed by atoms with Crippen molar-refractivity contribution in [2.75, 3.05) is 0 Å². The van der Waals surface area contributed by atoms with Gasteiger partial charge in [-0.05, 0) is 85.6 Å². The number of nitrogens with zero attached hydrogens (tertiary/aromatic N) is 2. The van der Waals surface area contributed by atoms with Gasteiger partial charge in [0.25, 0.3) is 0 Å². The van der Waals surface area contributed by atoms with Crippen LogP contribution in [0.1, 0.15) is 25.0 Å². The minimum Gasteiger partial charge on any atom is -0.228 e. The highest BCUT2D eigenvalue weighted by Gasteiger charge is 2.37. The summed E-state index contributed by atoms with van der Waals surface area (Å²) in [5.74, 6) is 0.721. The molecule has 2 heterocycles. The van der Waals surface area contributed by atoms with E-state index >= 15 is 0 Å². The topological polar surface area (TPSA) is 25.8 Å². The van der Waals surface area contributed by atoms with Crippen molar-refractivity contribution in [2.24, 2.45) is 0 Å². The average Bonchev–Trinajstić information content (AvgIpc) is 3.75. The zero-order valence-corrected chi connectivity index (χ0v) is 31.9. The van der Waals surface area contributed by atoms with Gasteiger partial charge in [0.05, 0.1) is 11.4 Å². The number of aromatic nitrogens is 2. The molecule has 0 N–H and O–H groups in total. The molecule has 56 heavy (non-hydrogen) atoms. The summed E-state index contributed by atoms with van der Waals surface area (Å²) in [7, 11) is 0. The number of benzene rings is 8. The normalized spacial score (nSPS) is 13.0. The quantitative estimate of drug-likeness (QED) is 0.176. The van der Waals surface area contributed by atoms with Gasteiger partial charge in [-0.1, -0.05) is 166 Å². The standard InChI is InChI=1S/C53H36N2S/c1-53(2)45-23-12-22-43(50(45)44-30-37-15-6-7-16-38(37)31-46(44)53)48-32-47(54-52(55-48)35-13-4-3-5-14-35)34-27-25-33(26-28-34)36-17-10-18-39(29-36)40-20-11-21-42-41-19-8-9-24-49(41)56-51(40)42/h3-32H,1-2H3. The number of hydrogen-bond acceptors (Lipinski definition) is 3. The Kier molecular flexibility index (Phi) is 7.42. The van der Waals surface area contributed by atoms with Crippen molar-refractivity contribution in [3.8, 4) is 67.3 Å². The second kappa shape index (κ2) is 12.7. The molecule has 10 aromatic rings. The van der Waals surface area contributed by atoms with Gasteiger partial charge in [-0.15, -0.1) is 11.3 Å². The fourth-order valence-corrected chi connectivity index (χ4v) is 10.0. The Morgan fingerprint density at radius 1 is 0.411 bits per heavy atom. The van der Waals surface area contributed by atoms with Gasteiger partial charge in [-0.2, -0.15) is 0 Å². The third-order valence-electron chi connectivity index (χ3n) is 11.7. The van der Waals surface area contributed by atoms with Crippen molar-refractivity contribution >= 4 is 42.3 Å². The molecule has 0 spiro atoms. The predicted molar refractivity (Wildman–Crippen MR) is 237 cm³/mol. The van der Waals surface area contributed by atoms with E-state index in [-0.39, 0.29) is 5.41 Å². The number of hydrogen-bond donors (Lipinski definition) is 0. The van der Waals surface area contributed by atoms with Crippen LogP contribution in [0.25, 0.3) is 98.2 Å². The molecule has 11 rings (SSSR count). The maximum Gasteiger partial charge on any atom is 0.160 e. The van der Waals surface area contributed by atoms with Crippen LogP contribution in [0.5, 0.6) is 0 Å². The van der Waals surface area contributed by atoms with Gasteiger partial charge >= 0.3 is 0 Å². The summed E-state index contributed by atoms with van der Waals surface area (Å²) in [6, 6.07) is 65.8. The Balaban J connectivity index is 1.01. The molecular weight excluding hydrogens is 697 g/mol. The number of fused-ring (bicyclic) bond motifs is 7. The predicted octanol–water partition coefficient (Wildman–Crippen LogP) is 14.6. The molecular formula is C53H36N2S. The van der Waals surface area contributed by atoms with Crippen molar-refractivity contribution in [1.82, 2.24) is 9.97 Å². The molecule has 0 radical (unpaired) electrons. The second-order valence-electron chi connectivity index (χ2n) is 15.4. The van der Waals surface area contributed by atoms with E-state index in [0.717, 1.165) is 33.9 Å². The van der Waals surface area contributed by atoms with Gasteiger partial charge < -0.3 is 0 Å². The number of thiophene rings is 1. The van der Waals surface area contributed by atoms with Gasteiger partial charge in [0.1, 0.15) is 0 Å². The van der Waals surface area contributed by atoms with E-state index in [1.54, 1.807) is 0 Å². The van der Waals surface area contributed by atoms with Crippen LogP contribution >= 0.6 is 11.3 Å². The van der Waals surface area contributed by atoms with Crippen LogP contribution in [0, 0.1) is 0 Å². The van der Waals surface area contributed by atoms with E-state index in [9.17, 15) is 0 Å². The Bertz CT molecular complexity index is 3150. The molecule has 0 saturated heterocycles. The monoisotopic (exact) mass is 732 g/mol. The average molecular weight is 733 g/mol. The van der Waals surface area contributed by atoms with E-state index in [4.69, 9.17) is 9.97 Å². The molecule has 0 unspecified atom stereocenters. The van der Waals surface area contributed by atoms with Gasteiger partial charge in [-0.25, -0.2) is 9.97 Å². The van der Waals surface area contributed by atoms with Crippen LogP contribution in [0.15, 0.2) is 182 Å². The Morgan fingerprint density at radius 3 is 1.91 bits per heavy atom. The molecule has 3 heteroatoms. The highest BCUT2D eigenvalue weighted by molar-refractivity contribution is 7.26.